The van der Waals surface area contributed by atoms with Gasteiger partial charge in [0.1, 0.15) is 0 Å². The normalized spacial score (nSPS) is 17.5. The third kappa shape index (κ3) is 3.08. The van der Waals surface area contributed by atoms with Gasteiger partial charge in [0.2, 0.25) is 10.0 Å². The van der Waals surface area contributed by atoms with Crippen LogP contribution in [-0.4, -0.2) is 26.0 Å². The third-order valence-corrected chi connectivity index (χ3v) is 6.44. The zero-order valence-electron chi connectivity index (χ0n) is 10.4. The van der Waals surface area contributed by atoms with Crippen LogP contribution in [0.5, 0.6) is 0 Å². The summed E-state index contributed by atoms with van der Waals surface area (Å²) in [5.41, 5.74) is -0.953. The number of hydrogen-bond acceptors (Lipinski definition) is 3. The summed E-state index contributed by atoms with van der Waals surface area (Å²) < 4.78 is 28.0. The van der Waals surface area contributed by atoms with Crippen molar-refractivity contribution >= 4 is 47.9 Å². The van der Waals surface area contributed by atoms with Crippen molar-refractivity contribution in [3.05, 3.63) is 27.1 Å². The standard InChI is InChI=1S/C12H13Br2NO4S/c13-8-2-3-9(14)10(6-8)20(18,19)15-7-12(11(16)17)4-1-5-12/h2-3,6,15H,1,4-5,7H2,(H,16,17). The molecule has 0 spiro atoms. The first kappa shape index (κ1) is 15.9. The number of hydrogen-bond donors (Lipinski definition) is 2. The number of carboxylic acids is 1. The average Bonchev–Trinajstić information content (AvgIpc) is 2.30. The molecule has 0 bridgehead atoms. The van der Waals surface area contributed by atoms with Crippen molar-refractivity contribution in [2.75, 3.05) is 6.54 Å². The second-order valence-electron chi connectivity index (χ2n) is 4.84. The summed E-state index contributed by atoms with van der Waals surface area (Å²) in [6.07, 6.45) is 1.82. The highest BCUT2D eigenvalue weighted by Crippen LogP contribution is 2.41. The Morgan fingerprint density at radius 1 is 1.35 bits per heavy atom. The molecule has 0 unspecified atom stereocenters. The number of benzene rings is 1. The van der Waals surface area contributed by atoms with Gasteiger partial charge in [0, 0.05) is 15.5 Å². The first-order valence-corrected chi connectivity index (χ1v) is 9.02. The lowest BCUT2D eigenvalue weighted by Gasteiger charge is -2.37. The monoisotopic (exact) mass is 425 g/mol. The van der Waals surface area contributed by atoms with Crippen molar-refractivity contribution in [2.45, 2.75) is 24.2 Å². The minimum Gasteiger partial charge on any atom is -0.481 e. The van der Waals surface area contributed by atoms with E-state index in [2.05, 4.69) is 36.6 Å². The number of nitrogens with one attached hydrogen (secondary N) is 1. The molecule has 20 heavy (non-hydrogen) atoms. The Labute approximate surface area is 134 Å². The van der Waals surface area contributed by atoms with E-state index in [-0.39, 0.29) is 11.4 Å². The summed E-state index contributed by atoms with van der Waals surface area (Å²) in [6.45, 7) is -0.0797. The van der Waals surface area contributed by atoms with Gasteiger partial charge in [0.25, 0.3) is 0 Å². The van der Waals surface area contributed by atoms with E-state index in [0.717, 1.165) is 6.42 Å². The van der Waals surface area contributed by atoms with E-state index in [1.54, 1.807) is 12.1 Å². The molecule has 0 atom stereocenters. The van der Waals surface area contributed by atoms with Gasteiger partial charge in [0.15, 0.2) is 0 Å². The van der Waals surface area contributed by atoms with Crippen LogP contribution in [0.4, 0.5) is 0 Å². The van der Waals surface area contributed by atoms with E-state index in [0.29, 0.717) is 21.8 Å². The van der Waals surface area contributed by atoms with Gasteiger partial charge in [-0.1, -0.05) is 22.4 Å². The van der Waals surface area contributed by atoms with E-state index in [4.69, 9.17) is 0 Å². The van der Waals surface area contributed by atoms with Crippen LogP contribution >= 0.6 is 31.9 Å². The molecule has 0 heterocycles. The van der Waals surface area contributed by atoms with Crippen LogP contribution in [0.2, 0.25) is 0 Å². The Morgan fingerprint density at radius 3 is 2.50 bits per heavy atom. The second-order valence-corrected chi connectivity index (χ2v) is 8.34. The van der Waals surface area contributed by atoms with Crippen LogP contribution in [0.1, 0.15) is 19.3 Å². The molecular weight excluding hydrogens is 414 g/mol. The molecule has 0 aromatic heterocycles. The van der Waals surface area contributed by atoms with Gasteiger partial charge in [0.05, 0.1) is 10.3 Å². The van der Waals surface area contributed by atoms with Gasteiger partial charge in [-0.05, 0) is 47.0 Å². The SMILES string of the molecule is O=C(O)C1(CNS(=O)(=O)c2cc(Br)ccc2Br)CCC1. The highest BCUT2D eigenvalue weighted by molar-refractivity contribution is 9.11. The molecule has 1 aromatic carbocycles. The number of halogens is 2. The summed E-state index contributed by atoms with van der Waals surface area (Å²) in [4.78, 5) is 11.3. The Kier molecular flexibility index (Phi) is 4.58. The predicted octanol–water partition coefficient (Wildman–Crippen LogP) is 2.74. The molecule has 1 aliphatic rings. The predicted molar refractivity (Wildman–Crippen MR) is 81.0 cm³/mol. The Morgan fingerprint density at radius 2 is 2.00 bits per heavy atom. The van der Waals surface area contributed by atoms with Gasteiger partial charge < -0.3 is 5.11 Å². The zero-order valence-corrected chi connectivity index (χ0v) is 14.4. The molecule has 1 aliphatic carbocycles. The summed E-state index contributed by atoms with van der Waals surface area (Å²) in [6, 6.07) is 4.81. The fourth-order valence-corrected chi connectivity index (χ4v) is 4.69. The number of carbonyl (C=O) groups is 1. The Bertz CT molecular complexity index is 641. The van der Waals surface area contributed by atoms with Crippen molar-refractivity contribution in [1.29, 1.82) is 0 Å². The minimum absolute atomic E-state index is 0.0797. The number of rotatable bonds is 5. The lowest BCUT2D eigenvalue weighted by atomic mass is 9.69. The van der Waals surface area contributed by atoms with Crippen molar-refractivity contribution in [3.63, 3.8) is 0 Å². The van der Waals surface area contributed by atoms with Crippen molar-refractivity contribution in [2.24, 2.45) is 5.41 Å². The largest absolute Gasteiger partial charge is 0.481 e. The Hall–Kier alpha value is -0.440. The molecule has 0 amide bonds. The van der Waals surface area contributed by atoms with E-state index >= 15 is 0 Å². The van der Waals surface area contributed by atoms with Gasteiger partial charge in [-0.2, -0.15) is 0 Å². The summed E-state index contributed by atoms with van der Waals surface area (Å²) in [7, 11) is -3.75. The highest BCUT2D eigenvalue weighted by Gasteiger charge is 2.45. The Balaban J connectivity index is 2.20. The minimum atomic E-state index is -3.75. The average molecular weight is 427 g/mol. The van der Waals surface area contributed by atoms with Crippen LogP contribution in [0.15, 0.2) is 32.0 Å². The van der Waals surface area contributed by atoms with E-state index in [9.17, 15) is 18.3 Å². The first-order chi connectivity index (χ1) is 9.27. The number of sulfonamides is 1. The molecule has 110 valence electrons. The maximum atomic E-state index is 12.3. The summed E-state index contributed by atoms with van der Waals surface area (Å²) >= 11 is 6.41. The van der Waals surface area contributed by atoms with Crippen LogP contribution in [0, 0.1) is 5.41 Å². The van der Waals surface area contributed by atoms with Crippen LogP contribution in [0.25, 0.3) is 0 Å². The molecule has 0 saturated heterocycles. The number of aliphatic carboxylic acids is 1. The molecular formula is C12H13Br2NO4S. The quantitative estimate of drug-likeness (QED) is 0.758. The lowest BCUT2D eigenvalue weighted by molar-refractivity contribution is -0.153. The second kappa shape index (κ2) is 5.75. The van der Waals surface area contributed by atoms with Crippen LogP contribution < -0.4 is 4.72 Å². The fraction of sp³-hybridized carbons (Fsp3) is 0.417. The van der Waals surface area contributed by atoms with E-state index in [1.165, 1.54) is 6.07 Å². The molecule has 2 N–H and O–H groups in total. The molecule has 1 saturated carbocycles. The smallest absolute Gasteiger partial charge is 0.310 e. The van der Waals surface area contributed by atoms with Crippen molar-refractivity contribution < 1.29 is 18.3 Å². The molecule has 1 fully saturated rings. The summed E-state index contributed by atoms with van der Waals surface area (Å²) in [5, 5.41) is 9.20. The van der Waals surface area contributed by atoms with Gasteiger partial charge >= 0.3 is 5.97 Å². The summed E-state index contributed by atoms with van der Waals surface area (Å²) in [5.74, 6) is -0.945. The zero-order chi connectivity index (χ0) is 15.0. The van der Waals surface area contributed by atoms with Gasteiger partial charge in [-0.25, -0.2) is 13.1 Å². The number of carboxylic acid groups (broad SMARTS) is 1. The van der Waals surface area contributed by atoms with Crippen molar-refractivity contribution in [1.82, 2.24) is 4.72 Å². The molecule has 5 nitrogen and oxygen atoms in total. The maximum absolute atomic E-state index is 12.3. The molecule has 1 aromatic rings. The van der Waals surface area contributed by atoms with Crippen molar-refractivity contribution in [3.8, 4) is 0 Å². The van der Waals surface area contributed by atoms with E-state index < -0.39 is 21.4 Å². The topological polar surface area (TPSA) is 83.5 Å². The van der Waals surface area contributed by atoms with Gasteiger partial charge in [-0.15, -0.1) is 0 Å². The molecule has 2 rings (SSSR count). The molecule has 0 aliphatic heterocycles. The van der Waals surface area contributed by atoms with E-state index in [1.807, 2.05) is 0 Å². The highest BCUT2D eigenvalue weighted by atomic mass is 79.9. The first-order valence-electron chi connectivity index (χ1n) is 5.95. The van der Waals surface area contributed by atoms with Crippen LogP contribution in [0.3, 0.4) is 0 Å². The maximum Gasteiger partial charge on any atom is 0.310 e. The molecule has 0 radical (unpaired) electrons. The molecule has 8 heteroatoms. The third-order valence-electron chi connectivity index (χ3n) is 3.55. The lowest BCUT2D eigenvalue weighted by Crippen LogP contribution is -2.47. The van der Waals surface area contributed by atoms with Gasteiger partial charge in [-0.3, -0.25) is 4.79 Å². The fourth-order valence-electron chi connectivity index (χ4n) is 2.06. The van der Waals surface area contributed by atoms with Crippen LogP contribution in [-0.2, 0) is 14.8 Å².